The number of carbonyl (C=O) groups excluding carboxylic acids is 2. The molecule has 0 aliphatic heterocycles. The van der Waals surface area contributed by atoms with Gasteiger partial charge in [-0.3, -0.25) is 18.6 Å². The molecule has 0 saturated heterocycles. The lowest BCUT2D eigenvalue weighted by Gasteiger charge is -2.20. The van der Waals surface area contributed by atoms with Gasteiger partial charge in [0.05, 0.1) is 19.8 Å². The second kappa shape index (κ2) is 31.5. The molecular weight excluding hydrogens is 611 g/mol. The van der Waals surface area contributed by atoms with Gasteiger partial charge in [0, 0.05) is 12.8 Å². The van der Waals surface area contributed by atoms with E-state index in [-0.39, 0.29) is 19.4 Å². The van der Waals surface area contributed by atoms with Crippen molar-refractivity contribution in [2.75, 3.05) is 26.4 Å². The molecular formula is C35H61O10P. The van der Waals surface area contributed by atoms with Crippen LogP contribution in [-0.4, -0.2) is 65.7 Å². The molecule has 3 unspecified atom stereocenters. The zero-order valence-corrected chi connectivity index (χ0v) is 29.2. The molecule has 266 valence electrons. The van der Waals surface area contributed by atoms with Crippen LogP contribution in [0.1, 0.15) is 123 Å². The first kappa shape index (κ1) is 43.9. The normalized spacial score (nSPS) is 14.8. The number of ether oxygens (including phenoxy) is 2. The number of esters is 2. The fourth-order valence-corrected chi connectivity index (χ4v) is 4.93. The summed E-state index contributed by atoms with van der Waals surface area (Å²) in [7, 11) is -4.58. The van der Waals surface area contributed by atoms with E-state index < -0.39 is 51.8 Å². The third-order valence-electron chi connectivity index (χ3n) is 6.80. The number of aliphatic hydroxyl groups excluding tert-OH is 2. The first-order valence-corrected chi connectivity index (χ1v) is 18.6. The highest BCUT2D eigenvalue weighted by Gasteiger charge is 2.27. The molecule has 0 aromatic carbocycles. The van der Waals surface area contributed by atoms with Crippen LogP contribution in [0.5, 0.6) is 0 Å². The number of allylic oxidation sites excluding steroid dienone is 8. The van der Waals surface area contributed by atoms with Crippen LogP contribution in [0, 0.1) is 0 Å². The van der Waals surface area contributed by atoms with E-state index in [4.69, 9.17) is 19.1 Å². The van der Waals surface area contributed by atoms with Gasteiger partial charge in [0.2, 0.25) is 0 Å². The Bertz CT molecular complexity index is 915. The standard InChI is InChI=1S/C35H61O10P/c1-3-5-6-7-8-9-10-11-12-13-14-15-16-17-18-19-20-21-22-23-24-25-26-27-35(39)45-33(30-42-34(38)4-2)31-44-46(40,41)43-29-32(37)28-36/h5-6,8-9,11-12,14-15,32-33,36-37H,3-4,7,10,13,16-31H2,1-2H3,(H,40,41)/b6-5-,9-8-,12-11-,15-14-. The van der Waals surface area contributed by atoms with Crippen LogP contribution in [0.4, 0.5) is 0 Å². The number of phosphoric ester groups is 1. The number of aliphatic hydroxyl groups is 2. The third-order valence-corrected chi connectivity index (χ3v) is 7.75. The van der Waals surface area contributed by atoms with Gasteiger partial charge in [0.1, 0.15) is 12.7 Å². The maximum atomic E-state index is 12.3. The summed E-state index contributed by atoms with van der Waals surface area (Å²) in [5.74, 6) is -1.03. The van der Waals surface area contributed by atoms with Crippen LogP contribution in [0.15, 0.2) is 48.6 Å². The Morgan fingerprint density at radius 2 is 1.17 bits per heavy atom. The molecule has 3 atom stereocenters. The van der Waals surface area contributed by atoms with Crippen molar-refractivity contribution >= 4 is 19.8 Å². The summed E-state index contributed by atoms with van der Waals surface area (Å²) in [4.78, 5) is 33.5. The summed E-state index contributed by atoms with van der Waals surface area (Å²) in [5.41, 5.74) is 0. The summed E-state index contributed by atoms with van der Waals surface area (Å²) >= 11 is 0. The first-order chi connectivity index (χ1) is 22.2. The topological polar surface area (TPSA) is 149 Å². The SMILES string of the molecule is CC/C=C\C/C=C\C/C=C\C/C=C\CCCCCCCCCCCCC(=O)OC(COC(=O)CC)COP(=O)(O)OCC(O)CO. The Hall–Kier alpha value is -2.07. The van der Waals surface area contributed by atoms with Crippen LogP contribution in [-0.2, 0) is 32.7 Å². The van der Waals surface area contributed by atoms with E-state index in [2.05, 4.69) is 60.1 Å². The molecule has 0 aliphatic rings. The van der Waals surface area contributed by atoms with Crippen molar-refractivity contribution in [1.29, 1.82) is 0 Å². The molecule has 0 heterocycles. The van der Waals surface area contributed by atoms with Crippen LogP contribution >= 0.6 is 7.82 Å². The van der Waals surface area contributed by atoms with Gasteiger partial charge in [-0.1, -0.05) is 114 Å². The van der Waals surface area contributed by atoms with E-state index in [1.807, 2.05) is 0 Å². The third kappa shape index (κ3) is 30.6. The van der Waals surface area contributed by atoms with Crippen molar-refractivity contribution in [2.45, 2.75) is 135 Å². The molecule has 11 heteroatoms. The average molecular weight is 673 g/mol. The van der Waals surface area contributed by atoms with Crippen molar-refractivity contribution < 1.29 is 47.8 Å². The maximum Gasteiger partial charge on any atom is 0.472 e. The smallest absolute Gasteiger partial charge is 0.462 e. The first-order valence-electron chi connectivity index (χ1n) is 17.1. The Kier molecular flexibility index (Phi) is 30.1. The summed E-state index contributed by atoms with van der Waals surface area (Å²) in [6.07, 6.45) is 32.0. The van der Waals surface area contributed by atoms with Crippen LogP contribution in [0.2, 0.25) is 0 Å². The van der Waals surface area contributed by atoms with Gasteiger partial charge in [0.25, 0.3) is 0 Å². The highest BCUT2D eigenvalue weighted by atomic mass is 31.2. The zero-order valence-electron chi connectivity index (χ0n) is 28.3. The molecule has 0 aromatic rings. The molecule has 46 heavy (non-hydrogen) atoms. The second-order valence-electron chi connectivity index (χ2n) is 11.1. The van der Waals surface area contributed by atoms with Crippen molar-refractivity contribution in [1.82, 2.24) is 0 Å². The van der Waals surface area contributed by atoms with Crippen molar-refractivity contribution in [3.05, 3.63) is 48.6 Å². The summed E-state index contributed by atoms with van der Waals surface area (Å²) < 4.78 is 31.7. The fraction of sp³-hybridized carbons (Fsp3) is 0.714. The predicted molar refractivity (Wildman–Crippen MR) is 182 cm³/mol. The van der Waals surface area contributed by atoms with Crippen LogP contribution < -0.4 is 0 Å². The molecule has 0 saturated carbocycles. The van der Waals surface area contributed by atoms with Crippen molar-refractivity contribution in [3.8, 4) is 0 Å². The van der Waals surface area contributed by atoms with Gasteiger partial charge in [-0.2, -0.15) is 0 Å². The number of carbonyl (C=O) groups is 2. The highest BCUT2D eigenvalue weighted by molar-refractivity contribution is 7.47. The second-order valence-corrected chi connectivity index (χ2v) is 12.6. The summed E-state index contributed by atoms with van der Waals surface area (Å²) in [6.45, 7) is 1.61. The quantitative estimate of drug-likeness (QED) is 0.0288. The predicted octanol–water partition coefficient (Wildman–Crippen LogP) is 7.82. The van der Waals surface area contributed by atoms with Crippen molar-refractivity contribution in [2.24, 2.45) is 0 Å². The largest absolute Gasteiger partial charge is 0.472 e. The van der Waals surface area contributed by atoms with Gasteiger partial charge in [0.15, 0.2) is 6.10 Å². The van der Waals surface area contributed by atoms with Gasteiger partial charge < -0.3 is 24.6 Å². The Balaban J connectivity index is 3.90. The highest BCUT2D eigenvalue weighted by Crippen LogP contribution is 2.43. The molecule has 0 aliphatic carbocycles. The summed E-state index contributed by atoms with van der Waals surface area (Å²) in [5, 5.41) is 18.0. The number of unbranched alkanes of at least 4 members (excludes halogenated alkanes) is 10. The molecule has 0 spiro atoms. The summed E-state index contributed by atoms with van der Waals surface area (Å²) in [6, 6.07) is 0. The number of hydrogen-bond acceptors (Lipinski definition) is 9. The zero-order chi connectivity index (χ0) is 34.1. The molecule has 0 aromatic heterocycles. The van der Waals surface area contributed by atoms with E-state index in [1.165, 1.54) is 38.5 Å². The van der Waals surface area contributed by atoms with E-state index in [0.717, 1.165) is 51.4 Å². The Labute approximate surface area is 277 Å². The number of rotatable bonds is 31. The number of phosphoric acid groups is 1. The minimum atomic E-state index is -4.58. The van der Waals surface area contributed by atoms with Gasteiger partial charge >= 0.3 is 19.8 Å². The lowest BCUT2D eigenvalue weighted by Crippen LogP contribution is -2.29. The van der Waals surface area contributed by atoms with Gasteiger partial charge in [-0.15, -0.1) is 0 Å². The molecule has 0 amide bonds. The van der Waals surface area contributed by atoms with E-state index in [1.54, 1.807) is 6.92 Å². The number of hydrogen-bond donors (Lipinski definition) is 3. The molecule has 0 radical (unpaired) electrons. The Morgan fingerprint density at radius 3 is 1.72 bits per heavy atom. The van der Waals surface area contributed by atoms with Gasteiger partial charge in [-0.25, -0.2) is 4.57 Å². The minimum absolute atomic E-state index is 0.120. The monoisotopic (exact) mass is 672 g/mol. The van der Waals surface area contributed by atoms with E-state index in [0.29, 0.717) is 6.42 Å². The van der Waals surface area contributed by atoms with Crippen LogP contribution in [0.25, 0.3) is 0 Å². The maximum absolute atomic E-state index is 12.3. The lowest BCUT2D eigenvalue weighted by molar-refractivity contribution is -0.161. The van der Waals surface area contributed by atoms with Crippen molar-refractivity contribution in [3.63, 3.8) is 0 Å². The van der Waals surface area contributed by atoms with Crippen LogP contribution in [0.3, 0.4) is 0 Å². The van der Waals surface area contributed by atoms with E-state index >= 15 is 0 Å². The van der Waals surface area contributed by atoms with E-state index in [9.17, 15) is 24.2 Å². The fourth-order valence-electron chi connectivity index (χ4n) is 4.14. The average Bonchev–Trinajstić information content (AvgIpc) is 3.05. The lowest BCUT2D eigenvalue weighted by atomic mass is 10.0. The minimum Gasteiger partial charge on any atom is -0.462 e. The van der Waals surface area contributed by atoms with Gasteiger partial charge in [-0.05, 0) is 44.9 Å². The molecule has 3 N–H and O–H groups in total. The Morgan fingerprint density at radius 1 is 0.674 bits per heavy atom. The molecule has 10 nitrogen and oxygen atoms in total. The molecule has 0 rings (SSSR count). The molecule has 0 fully saturated rings. The molecule has 0 bridgehead atoms.